The third kappa shape index (κ3) is 2.13. The lowest BCUT2D eigenvalue weighted by Crippen LogP contribution is -2.13. The van der Waals surface area contributed by atoms with Crippen molar-refractivity contribution in [1.82, 2.24) is 0 Å². The molecule has 0 aliphatic carbocycles. The van der Waals surface area contributed by atoms with Crippen LogP contribution in [0, 0.1) is 6.92 Å². The number of aryl methyl sites for hydroxylation is 1. The van der Waals surface area contributed by atoms with Crippen LogP contribution in [0.15, 0.2) is 66.7 Å². The van der Waals surface area contributed by atoms with Gasteiger partial charge in [-0.2, -0.15) is 0 Å². The highest BCUT2D eigenvalue weighted by molar-refractivity contribution is 5.86. The molecule has 0 spiro atoms. The van der Waals surface area contributed by atoms with Gasteiger partial charge in [0.15, 0.2) is 0 Å². The van der Waals surface area contributed by atoms with Gasteiger partial charge >= 0.3 is 0 Å². The van der Waals surface area contributed by atoms with Gasteiger partial charge in [-0.05, 0) is 34.4 Å². The average Bonchev–Trinajstić information content (AvgIpc) is 2.46. The summed E-state index contributed by atoms with van der Waals surface area (Å²) in [5, 5.41) is 2.48. The highest BCUT2D eigenvalue weighted by Crippen LogP contribution is 2.28. The summed E-state index contributed by atoms with van der Waals surface area (Å²) in [6, 6.07) is 23.0. The summed E-state index contributed by atoms with van der Waals surface area (Å²) in [6.45, 7) is 2.11. The van der Waals surface area contributed by atoms with E-state index in [1.165, 1.54) is 27.5 Å². The first-order valence-corrected chi connectivity index (χ1v) is 6.56. The maximum atomic E-state index is 6.48. The van der Waals surface area contributed by atoms with E-state index in [9.17, 15) is 0 Å². The van der Waals surface area contributed by atoms with Gasteiger partial charge in [0.2, 0.25) is 0 Å². The summed E-state index contributed by atoms with van der Waals surface area (Å²) in [6.07, 6.45) is 0. The molecule has 3 rings (SSSR count). The first-order valence-electron chi connectivity index (χ1n) is 6.56. The molecule has 1 atom stereocenters. The molecule has 1 nitrogen and oxygen atoms in total. The van der Waals surface area contributed by atoms with Gasteiger partial charge in [-0.25, -0.2) is 0 Å². The van der Waals surface area contributed by atoms with Gasteiger partial charge in [0, 0.05) is 0 Å². The molecular formula is C18H17N. The monoisotopic (exact) mass is 247 g/mol. The molecule has 0 saturated carbocycles. The fourth-order valence-electron chi connectivity index (χ4n) is 2.62. The standard InChI is InChI=1S/C18H17N/c1-13-7-2-4-10-15(13)18(19)17-12-6-9-14-8-3-5-11-16(14)17/h2-12,18H,19H2,1H3. The summed E-state index contributed by atoms with van der Waals surface area (Å²) in [4.78, 5) is 0. The van der Waals surface area contributed by atoms with Crippen molar-refractivity contribution in [3.05, 3.63) is 83.4 Å². The SMILES string of the molecule is Cc1ccccc1C(N)c1cccc2ccccc12. The Hall–Kier alpha value is -2.12. The second-order valence-electron chi connectivity index (χ2n) is 4.90. The van der Waals surface area contributed by atoms with Crippen LogP contribution in [-0.4, -0.2) is 0 Å². The maximum Gasteiger partial charge on any atom is 0.0560 e. The van der Waals surface area contributed by atoms with Crippen molar-refractivity contribution in [3.8, 4) is 0 Å². The van der Waals surface area contributed by atoms with Crippen LogP contribution < -0.4 is 5.73 Å². The van der Waals surface area contributed by atoms with Crippen LogP contribution in [0.3, 0.4) is 0 Å². The first-order chi connectivity index (χ1) is 9.27. The molecule has 3 aromatic carbocycles. The molecule has 0 saturated heterocycles. The van der Waals surface area contributed by atoms with Crippen LogP contribution in [0.1, 0.15) is 22.7 Å². The van der Waals surface area contributed by atoms with Crippen LogP contribution >= 0.6 is 0 Å². The largest absolute Gasteiger partial charge is 0.320 e. The van der Waals surface area contributed by atoms with E-state index in [-0.39, 0.29) is 6.04 Å². The zero-order chi connectivity index (χ0) is 13.2. The Kier molecular flexibility index (Phi) is 3.06. The van der Waals surface area contributed by atoms with Crippen molar-refractivity contribution in [1.29, 1.82) is 0 Å². The maximum absolute atomic E-state index is 6.48. The summed E-state index contributed by atoms with van der Waals surface area (Å²) >= 11 is 0. The molecule has 3 aromatic rings. The van der Waals surface area contributed by atoms with E-state index in [0.29, 0.717) is 0 Å². The quantitative estimate of drug-likeness (QED) is 0.721. The van der Waals surface area contributed by atoms with Gasteiger partial charge in [-0.1, -0.05) is 66.7 Å². The summed E-state index contributed by atoms with van der Waals surface area (Å²) < 4.78 is 0. The van der Waals surface area contributed by atoms with Crippen LogP contribution in [-0.2, 0) is 0 Å². The molecule has 0 fully saturated rings. The van der Waals surface area contributed by atoms with Gasteiger partial charge < -0.3 is 5.73 Å². The van der Waals surface area contributed by atoms with Gasteiger partial charge in [0.05, 0.1) is 6.04 Å². The Morgan fingerprint density at radius 1 is 0.737 bits per heavy atom. The molecular weight excluding hydrogens is 230 g/mol. The molecule has 0 aliphatic heterocycles. The van der Waals surface area contributed by atoms with Crippen LogP contribution in [0.5, 0.6) is 0 Å². The summed E-state index contributed by atoms with van der Waals surface area (Å²) in [5.41, 5.74) is 10.1. The van der Waals surface area contributed by atoms with Crippen LogP contribution in [0.25, 0.3) is 10.8 Å². The molecule has 0 bridgehead atoms. The minimum atomic E-state index is -0.0766. The third-order valence-electron chi connectivity index (χ3n) is 3.68. The van der Waals surface area contributed by atoms with Gasteiger partial charge in [0.1, 0.15) is 0 Å². The Balaban J connectivity index is 2.17. The minimum absolute atomic E-state index is 0.0766. The minimum Gasteiger partial charge on any atom is -0.320 e. The van der Waals surface area contributed by atoms with Crippen LogP contribution in [0.4, 0.5) is 0 Å². The van der Waals surface area contributed by atoms with E-state index in [4.69, 9.17) is 5.73 Å². The lowest BCUT2D eigenvalue weighted by Gasteiger charge is -2.17. The fraction of sp³-hybridized carbons (Fsp3) is 0.111. The van der Waals surface area contributed by atoms with E-state index in [0.717, 1.165) is 0 Å². The predicted octanol–water partition coefficient (Wildman–Crippen LogP) is 4.20. The molecule has 0 aliphatic rings. The Labute approximate surface area is 113 Å². The summed E-state index contributed by atoms with van der Waals surface area (Å²) in [7, 11) is 0. The highest BCUT2D eigenvalue weighted by atomic mass is 14.6. The second-order valence-corrected chi connectivity index (χ2v) is 4.90. The van der Waals surface area contributed by atoms with E-state index in [1.807, 2.05) is 6.07 Å². The van der Waals surface area contributed by atoms with E-state index in [2.05, 4.69) is 67.6 Å². The smallest absolute Gasteiger partial charge is 0.0560 e. The van der Waals surface area contributed by atoms with Crippen molar-refractivity contribution in [2.45, 2.75) is 13.0 Å². The molecule has 2 N–H and O–H groups in total. The lowest BCUT2D eigenvalue weighted by atomic mass is 9.92. The highest BCUT2D eigenvalue weighted by Gasteiger charge is 2.13. The zero-order valence-electron chi connectivity index (χ0n) is 11.0. The fourth-order valence-corrected chi connectivity index (χ4v) is 2.62. The summed E-state index contributed by atoms with van der Waals surface area (Å²) in [5.74, 6) is 0. The van der Waals surface area contributed by atoms with Gasteiger partial charge in [-0.3, -0.25) is 0 Å². The number of nitrogens with two attached hydrogens (primary N) is 1. The number of fused-ring (bicyclic) bond motifs is 1. The molecule has 1 unspecified atom stereocenters. The lowest BCUT2D eigenvalue weighted by molar-refractivity contribution is 0.870. The first kappa shape index (κ1) is 11.9. The molecule has 0 radical (unpaired) electrons. The predicted molar refractivity (Wildman–Crippen MR) is 81.2 cm³/mol. The molecule has 94 valence electrons. The molecule has 0 aromatic heterocycles. The van der Waals surface area contributed by atoms with E-state index < -0.39 is 0 Å². The number of hydrogen-bond donors (Lipinski definition) is 1. The second kappa shape index (κ2) is 4.87. The van der Waals surface area contributed by atoms with Crippen molar-refractivity contribution in [2.75, 3.05) is 0 Å². The van der Waals surface area contributed by atoms with E-state index in [1.54, 1.807) is 0 Å². The molecule has 0 amide bonds. The van der Waals surface area contributed by atoms with Crippen molar-refractivity contribution in [3.63, 3.8) is 0 Å². The average molecular weight is 247 g/mol. The third-order valence-corrected chi connectivity index (χ3v) is 3.68. The Morgan fingerprint density at radius 2 is 1.37 bits per heavy atom. The normalized spacial score (nSPS) is 12.5. The topological polar surface area (TPSA) is 26.0 Å². The Bertz CT molecular complexity index is 710. The van der Waals surface area contributed by atoms with Crippen molar-refractivity contribution >= 4 is 10.8 Å². The number of rotatable bonds is 2. The molecule has 0 heterocycles. The van der Waals surface area contributed by atoms with Gasteiger partial charge in [0.25, 0.3) is 0 Å². The van der Waals surface area contributed by atoms with Crippen molar-refractivity contribution < 1.29 is 0 Å². The zero-order valence-corrected chi connectivity index (χ0v) is 11.0. The van der Waals surface area contributed by atoms with Crippen molar-refractivity contribution in [2.24, 2.45) is 5.73 Å². The molecule has 19 heavy (non-hydrogen) atoms. The number of benzene rings is 3. The number of hydrogen-bond acceptors (Lipinski definition) is 1. The molecule has 1 heteroatoms. The Morgan fingerprint density at radius 3 is 2.21 bits per heavy atom. The van der Waals surface area contributed by atoms with Gasteiger partial charge in [-0.15, -0.1) is 0 Å². The van der Waals surface area contributed by atoms with Crippen LogP contribution in [0.2, 0.25) is 0 Å². The van der Waals surface area contributed by atoms with E-state index >= 15 is 0 Å².